The van der Waals surface area contributed by atoms with Crippen molar-refractivity contribution in [2.75, 3.05) is 24.9 Å². The summed E-state index contributed by atoms with van der Waals surface area (Å²) < 4.78 is 53.2. The number of anilines is 2. The molecule has 12 heteroatoms. The second kappa shape index (κ2) is 9.27. The minimum absolute atomic E-state index is 0.0657. The Hall–Kier alpha value is -3.11. The third-order valence-electron chi connectivity index (χ3n) is 5.49. The molecule has 1 aromatic heterocycles. The van der Waals surface area contributed by atoms with E-state index in [4.69, 9.17) is 32.7 Å². The van der Waals surface area contributed by atoms with Gasteiger partial charge in [0.25, 0.3) is 5.91 Å². The first kappa shape index (κ1) is 24.0. The van der Waals surface area contributed by atoms with E-state index in [1.54, 1.807) is 30.3 Å². The number of fused-ring (bicyclic) bond motifs is 1. The summed E-state index contributed by atoms with van der Waals surface area (Å²) >= 11 is 12.1. The van der Waals surface area contributed by atoms with E-state index in [1.807, 2.05) is 0 Å². The van der Waals surface area contributed by atoms with Gasteiger partial charge in [-0.1, -0.05) is 35.3 Å². The summed E-state index contributed by atoms with van der Waals surface area (Å²) in [6, 6.07) is 6.78. The van der Waals surface area contributed by atoms with E-state index < -0.39 is 24.2 Å². The molecule has 0 fully saturated rings. The van der Waals surface area contributed by atoms with Gasteiger partial charge < -0.3 is 20.1 Å². The fraction of sp³-hybridized carbons (Fsp3) is 0.273. The molecule has 7 nitrogen and oxygen atoms in total. The Morgan fingerprint density at radius 3 is 2.59 bits per heavy atom. The van der Waals surface area contributed by atoms with Crippen molar-refractivity contribution < 1.29 is 27.4 Å². The van der Waals surface area contributed by atoms with E-state index in [2.05, 4.69) is 15.7 Å². The van der Waals surface area contributed by atoms with Crippen molar-refractivity contribution in [1.82, 2.24) is 9.78 Å². The Kier molecular flexibility index (Phi) is 6.55. The zero-order valence-electron chi connectivity index (χ0n) is 17.9. The molecule has 0 saturated carbocycles. The molecule has 3 aromatic rings. The minimum Gasteiger partial charge on any atom is -0.493 e. The molecule has 2 atom stereocenters. The molecule has 4 rings (SSSR count). The second-order valence-electron chi connectivity index (χ2n) is 7.51. The van der Waals surface area contributed by atoms with Crippen LogP contribution < -0.4 is 20.1 Å². The molecular formula is C22H19Cl2F3N4O3. The monoisotopic (exact) mass is 514 g/mol. The number of methoxy groups -OCH3 is 2. The average molecular weight is 515 g/mol. The maximum absolute atomic E-state index is 14.0. The number of carbonyl (C=O) groups is 1. The number of rotatable bonds is 5. The molecule has 1 aliphatic heterocycles. The van der Waals surface area contributed by atoms with Crippen molar-refractivity contribution in [3.63, 3.8) is 0 Å². The topological polar surface area (TPSA) is 77.4 Å². The summed E-state index contributed by atoms with van der Waals surface area (Å²) in [5.74, 6) is 0.0618. The summed E-state index contributed by atoms with van der Waals surface area (Å²) in [6.45, 7) is 0. The minimum atomic E-state index is -4.60. The lowest BCUT2D eigenvalue weighted by Gasteiger charge is -2.34. The number of amides is 1. The molecule has 34 heavy (non-hydrogen) atoms. The first-order valence-electron chi connectivity index (χ1n) is 10.0. The molecule has 2 heterocycles. The number of hydrogen-bond acceptors (Lipinski definition) is 5. The van der Waals surface area contributed by atoms with Crippen LogP contribution in [0.5, 0.6) is 11.5 Å². The van der Waals surface area contributed by atoms with Gasteiger partial charge in [-0.25, -0.2) is 4.68 Å². The Labute approximate surface area is 202 Å². The van der Waals surface area contributed by atoms with Crippen LogP contribution >= 0.6 is 23.2 Å². The van der Waals surface area contributed by atoms with Gasteiger partial charge in [0, 0.05) is 6.42 Å². The number of nitrogens with zero attached hydrogens (tertiary/aromatic N) is 2. The van der Waals surface area contributed by atoms with Crippen LogP contribution in [0.3, 0.4) is 0 Å². The molecule has 0 unspecified atom stereocenters. The van der Waals surface area contributed by atoms with Crippen LogP contribution in [-0.4, -0.2) is 36.1 Å². The third kappa shape index (κ3) is 4.47. The second-order valence-corrected chi connectivity index (χ2v) is 8.30. The van der Waals surface area contributed by atoms with E-state index in [1.165, 1.54) is 20.3 Å². The van der Waals surface area contributed by atoms with Crippen LogP contribution in [0.2, 0.25) is 10.0 Å². The number of aromatic nitrogens is 2. The van der Waals surface area contributed by atoms with Gasteiger partial charge in [0.15, 0.2) is 17.5 Å². The van der Waals surface area contributed by atoms with Crippen molar-refractivity contribution in [2.24, 2.45) is 0 Å². The number of nitrogens with one attached hydrogen (secondary N) is 2. The molecule has 0 spiro atoms. The Morgan fingerprint density at radius 2 is 1.91 bits per heavy atom. The fourth-order valence-electron chi connectivity index (χ4n) is 3.81. The third-order valence-corrected chi connectivity index (χ3v) is 6.31. The van der Waals surface area contributed by atoms with Crippen LogP contribution in [0, 0.1) is 0 Å². The molecule has 2 aromatic carbocycles. The van der Waals surface area contributed by atoms with Gasteiger partial charge in [-0.2, -0.15) is 18.3 Å². The predicted octanol–water partition coefficient (Wildman–Crippen LogP) is 6.12. The van der Waals surface area contributed by atoms with E-state index in [0.717, 1.165) is 10.9 Å². The van der Waals surface area contributed by atoms with Crippen molar-refractivity contribution in [2.45, 2.75) is 24.7 Å². The SMILES string of the molecule is COc1ccc([C@H]2C[C@@H](C(F)(F)F)n3ncc(C(=O)Nc4cccc(Cl)c4Cl)c3N2)cc1OC. The largest absolute Gasteiger partial charge is 0.493 e. The fourth-order valence-corrected chi connectivity index (χ4v) is 4.15. The lowest BCUT2D eigenvalue weighted by atomic mass is 9.96. The maximum Gasteiger partial charge on any atom is 0.410 e. The molecule has 0 bridgehead atoms. The van der Waals surface area contributed by atoms with Gasteiger partial charge >= 0.3 is 6.18 Å². The first-order valence-corrected chi connectivity index (χ1v) is 10.8. The number of benzene rings is 2. The molecule has 2 N–H and O–H groups in total. The van der Waals surface area contributed by atoms with Crippen LogP contribution in [0.4, 0.5) is 24.7 Å². The molecule has 0 aliphatic carbocycles. The Morgan fingerprint density at radius 1 is 1.18 bits per heavy atom. The molecule has 0 saturated heterocycles. The average Bonchev–Trinajstić information content (AvgIpc) is 3.24. The predicted molar refractivity (Wildman–Crippen MR) is 122 cm³/mol. The molecular weight excluding hydrogens is 496 g/mol. The Balaban J connectivity index is 1.71. The van der Waals surface area contributed by atoms with Gasteiger partial charge in [0.2, 0.25) is 0 Å². The summed E-state index contributed by atoms with van der Waals surface area (Å²) in [5.41, 5.74) is 0.679. The smallest absolute Gasteiger partial charge is 0.410 e. The lowest BCUT2D eigenvalue weighted by Crippen LogP contribution is -2.36. The molecule has 1 aliphatic rings. The standard InChI is InChI=1S/C22H19Cl2F3N4O3/c1-33-16-7-6-11(8-17(16)34-2)15-9-18(22(25,26)27)31-20(29-15)12(10-28-31)21(32)30-14-5-3-4-13(23)19(14)24/h3-8,10,15,18,29H,9H2,1-2H3,(H,30,32)/t15-,18+/m1/s1. The highest BCUT2D eigenvalue weighted by Crippen LogP contribution is 2.45. The zero-order chi connectivity index (χ0) is 24.6. The summed E-state index contributed by atoms with van der Waals surface area (Å²) in [6.07, 6.45) is -3.84. The highest BCUT2D eigenvalue weighted by molar-refractivity contribution is 6.44. The quantitative estimate of drug-likeness (QED) is 0.428. The van der Waals surface area contributed by atoms with E-state index in [9.17, 15) is 18.0 Å². The van der Waals surface area contributed by atoms with E-state index >= 15 is 0 Å². The van der Waals surface area contributed by atoms with E-state index in [0.29, 0.717) is 17.1 Å². The maximum atomic E-state index is 14.0. The zero-order valence-corrected chi connectivity index (χ0v) is 19.4. The van der Waals surface area contributed by atoms with E-state index in [-0.39, 0.29) is 33.5 Å². The Bertz CT molecular complexity index is 1230. The normalized spacial score (nSPS) is 17.5. The number of halogens is 5. The molecule has 0 radical (unpaired) electrons. The van der Waals surface area contributed by atoms with Crippen molar-refractivity contribution >= 4 is 40.6 Å². The van der Waals surface area contributed by atoms with Gasteiger partial charge in [0.05, 0.1) is 42.2 Å². The van der Waals surface area contributed by atoms with Crippen molar-refractivity contribution in [1.29, 1.82) is 0 Å². The summed E-state index contributed by atoms with van der Waals surface area (Å²) in [4.78, 5) is 13.0. The van der Waals surface area contributed by atoms with Gasteiger partial charge in [0.1, 0.15) is 11.4 Å². The number of alkyl halides is 3. The van der Waals surface area contributed by atoms with Crippen LogP contribution in [-0.2, 0) is 0 Å². The highest BCUT2D eigenvalue weighted by atomic mass is 35.5. The van der Waals surface area contributed by atoms with Crippen LogP contribution in [0.15, 0.2) is 42.6 Å². The molecule has 180 valence electrons. The molecule has 1 amide bonds. The van der Waals surface area contributed by atoms with Gasteiger partial charge in [-0.05, 0) is 29.8 Å². The van der Waals surface area contributed by atoms with Gasteiger partial charge in [-0.15, -0.1) is 0 Å². The summed E-state index contributed by atoms with van der Waals surface area (Å²) in [7, 11) is 2.90. The van der Waals surface area contributed by atoms with Crippen LogP contribution in [0.25, 0.3) is 0 Å². The lowest BCUT2D eigenvalue weighted by molar-refractivity contribution is -0.173. The number of ether oxygens (including phenoxy) is 2. The van der Waals surface area contributed by atoms with Crippen molar-refractivity contribution in [3.05, 3.63) is 63.8 Å². The number of hydrogen-bond donors (Lipinski definition) is 2. The van der Waals surface area contributed by atoms with Crippen molar-refractivity contribution in [3.8, 4) is 11.5 Å². The van der Waals surface area contributed by atoms with Crippen LogP contribution in [0.1, 0.15) is 34.4 Å². The summed E-state index contributed by atoms with van der Waals surface area (Å²) in [5, 5.41) is 9.81. The first-order chi connectivity index (χ1) is 16.1. The highest BCUT2D eigenvalue weighted by Gasteiger charge is 2.47. The van der Waals surface area contributed by atoms with Gasteiger partial charge in [-0.3, -0.25) is 4.79 Å². The number of carbonyl (C=O) groups excluding carboxylic acids is 1.